The van der Waals surface area contributed by atoms with Crippen LogP contribution in [0.15, 0.2) is 60.2 Å². The van der Waals surface area contributed by atoms with Gasteiger partial charge in [-0.2, -0.15) is 0 Å². The number of allylic oxidation sites excluding steroid dienone is 1. The van der Waals surface area contributed by atoms with E-state index in [1.165, 1.54) is 16.7 Å². The average molecular weight is 565 g/mol. The van der Waals surface area contributed by atoms with E-state index >= 15 is 0 Å². The molecule has 1 aromatic rings. The van der Waals surface area contributed by atoms with Gasteiger partial charge in [-0.25, -0.2) is 4.79 Å². The largest absolute Gasteiger partial charge is 0.458 e. The second kappa shape index (κ2) is 13.8. The summed E-state index contributed by atoms with van der Waals surface area (Å²) in [6.45, 7) is 13.4. The molecule has 0 N–H and O–H groups in total. The van der Waals surface area contributed by atoms with Crippen molar-refractivity contribution in [3.05, 3.63) is 71.3 Å². The van der Waals surface area contributed by atoms with Crippen molar-refractivity contribution in [2.75, 3.05) is 6.61 Å². The van der Waals surface area contributed by atoms with Crippen molar-refractivity contribution in [2.24, 2.45) is 11.8 Å². The molecule has 4 heterocycles. The molecule has 4 aliphatic rings. The summed E-state index contributed by atoms with van der Waals surface area (Å²) in [6.07, 6.45) is 11.9. The molecule has 0 radical (unpaired) electrons. The lowest BCUT2D eigenvalue weighted by Gasteiger charge is -2.45. The number of benzene rings is 1. The van der Waals surface area contributed by atoms with Gasteiger partial charge in [-0.1, -0.05) is 62.4 Å². The van der Waals surface area contributed by atoms with Gasteiger partial charge in [0.2, 0.25) is 0 Å². The van der Waals surface area contributed by atoms with Crippen LogP contribution in [0.2, 0.25) is 0 Å². The molecule has 5 rings (SSSR count). The van der Waals surface area contributed by atoms with Crippen molar-refractivity contribution in [3.63, 3.8) is 0 Å². The zero-order chi connectivity index (χ0) is 28.9. The molecule has 224 valence electrons. The first-order valence-electron chi connectivity index (χ1n) is 15.6. The van der Waals surface area contributed by atoms with E-state index in [2.05, 4.69) is 57.7 Å². The van der Waals surface area contributed by atoms with E-state index in [-0.39, 0.29) is 60.7 Å². The van der Waals surface area contributed by atoms with Gasteiger partial charge in [-0.15, -0.1) is 0 Å². The third kappa shape index (κ3) is 7.59. The smallest absolute Gasteiger partial charge is 0.330 e. The summed E-state index contributed by atoms with van der Waals surface area (Å²) >= 11 is 0. The van der Waals surface area contributed by atoms with E-state index in [1.54, 1.807) is 6.08 Å². The maximum absolute atomic E-state index is 13.0. The number of aryl methyl sites for hydroxylation is 1. The summed E-state index contributed by atoms with van der Waals surface area (Å²) < 4.78 is 31.8. The molecule has 0 unspecified atom stereocenters. The quantitative estimate of drug-likeness (QED) is 0.266. The molecule has 6 heteroatoms. The molecule has 8 bridgehead atoms. The van der Waals surface area contributed by atoms with Crippen LogP contribution in [0.5, 0.6) is 0 Å². The van der Waals surface area contributed by atoms with Crippen LogP contribution in [0.1, 0.15) is 90.1 Å². The number of carbonyl (C=O) groups is 1. The zero-order valence-electron chi connectivity index (χ0n) is 25.3. The Kier molecular flexibility index (Phi) is 10.2. The predicted octanol–water partition coefficient (Wildman–Crippen LogP) is 7.18. The normalized spacial score (nSPS) is 38.3. The molecular formula is C35H48O6. The third-order valence-corrected chi connectivity index (χ3v) is 9.38. The van der Waals surface area contributed by atoms with Gasteiger partial charge >= 0.3 is 5.97 Å². The van der Waals surface area contributed by atoms with Crippen molar-refractivity contribution in [1.29, 1.82) is 0 Å². The fourth-order valence-corrected chi connectivity index (χ4v) is 7.03. The Labute approximate surface area is 246 Å². The summed E-state index contributed by atoms with van der Waals surface area (Å²) in [6, 6.07) is 8.60. The van der Waals surface area contributed by atoms with Crippen LogP contribution in [0.25, 0.3) is 0 Å². The van der Waals surface area contributed by atoms with Gasteiger partial charge < -0.3 is 23.7 Å². The first kappa shape index (κ1) is 30.2. The van der Waals surface area contributed by atoms with E-state index in [0.717, 1.165) is 50.5 Å². The Bertz CT molecular complexity index is 1120. The first-order valence-corrected chi connectivity index (χ1v) is 15.6. The first-order chi connectivity index (χ1) is 19.8. The Hall–Kier alpha value is -2.25. The maximum atomic E-state index is 13.0. The van der Waals surface area contributed by atoms with Crippen molar-refractivity contribution >= 4 is 5.97 Å². The summed E-state index contributed by atoms with van der Waals surface area (Å²) in [5.74, 6) is -0.129. The fourth-order valence-electron chi connectivity index (χ4n) is 7.03. The lowest BCUT2D eigenvalue weighted by molar-refractivity contribution is -0.225. The van der Waals surface area contributed by atoms with Crippen LogP contribution in [-0.2, 0) is 34.9 Å². The van der Waals surface area contributed by atoms with Gasteiger partial charge in [-0.3, -0.25) is 0 Å². The minimum Gasteiger partial charge on any atom is -0.458 e. The van der Waals surface area contributed by atoms with Crippen LogP contribution < -0.4 is 0 Å². The molecule has 6 nitrogen and oxygen atoms in total. The molecule has 4 aliphatic heterocycles. The van der Waals surface area contributed by atoms with E-state index in [0.29, 0.717) is 13.0 Å². The standard InChI is InChI=1S/C35H48O6/c1-6-23(3)33-25(5)34-24(4)31(40-33)14-8-11-26-10-7-12-27(20-26)35-37-17-16-29(39-35)21-30-19-22(2)18-28(38-30)13-9-15-32(36)41-34/h6-7,9-10,12,15,20,24-25,28-31,33-35H,2,8,11,13-14,16-19,21H2,1,3-5H3/b15-9-,23-6+/t24-,25-,28-,29-,30+,31+,33-,34-,35-/m0/s1. The van der Waals surface area contributed by atoms with Crippen molar-refractivity contribution < 1.29 is 28.5 Å². The van der Waals surface area contributed by atoms with Gasteiger partial charge in [0, 0.05) is 29.9 Å². The summed E-state index contributed by atoms with van der Waals surface area (Å²) in [5, 5.41) is 0. The predicted molar refractivity (Wildman–Crippen MR) is 159 cm³/mol. The Balaban J connectivity index is 1.39. The molecule has 3 fully saturated rings. The Morgan fingerprint density at radius 2 is 1.85 bits per heavy atom. The summed E-state index contributed by atoms with van der Waals surface area (Å²) in [4.78, 5) is 13.0. The Morgan fingerprint density at radius 1 is 1.02 bits per heavy atom. The van der Waals surface area contributed by atoms with Crippen LogP contribution in [0.3, 0.4) is 0 Å². The van der Waals surface area contributed by atoms with Gasteiger partial charge in [-0.05, 0) is 69.9 Å². The number of carbonyl (C=O) groups excluding carboxylic acids is 1. The summed E-state index contributed by atoms with van der Waals surface area (Å²) in [5.41, 5.74) is 4.71. The lowest BCUT2D eigenvalue weighted by Crippen LogP contribution is -2.51. The van der Waals surface area contributed by atoms with Crippen molar-refractivity contribution in [2.45, 2.75) is 122 Å². The molecule has 9 atom stereocenters. The summed E-state index contributed by atoms with van der Waals surface area (Å²) in [7, 11) is 0. The van der Waals surface area contributed by atoms with Gasteiger partial charge in [0.05, 0.1) is 37.1 Å². The molecule has 3 saturated heterocycles. The van der Waals surface area contributed by atoms with E-state index in [9.17, 15) is 4.79 Å². The number of ether oxygens (including phenoxy) is 5. The molecular weight excluding hydrogens is 516 g/mol. The zero-order valence-corrected chi connectivity index (χ0v) is 25.3. The molecule has 41 heavy (non-hydrogen) atoms. The SMILES string of the molecule is C=C1C[C@@H]2C[C@@H]3CCO[C@@H](O3)c3cccc(c3)CCC[C@H]3O[C@@H](/C(C)=C/C)[C@H](C)[C@@H](OC(=O)/C=C\C[C@@H](C1)O2)[C@H]3C. The Morgan fingerprint density at radius 3 is 2.68 bits per heavy atom. The number of fused-ring (bicyclic) bond motifs is 9. The van der Waals surface area contributed by atoms with Crippen LogP contribution in [0, 0.1) is 11.8 Å². The molecule has 1 aromatic carbocycles. The maximum Gasteiger partial charge on any atom is 0.330 e. The highest BCUT2D eigenvalue weighted by Crippen LogP contribution is 2.38. The minimum atomic E-state index is -0.356. The molecule has 0 aliphatic carbocycles. The topological polar surface area (TPSA) is 63.2 Å². The molecule has 0 saturated carbocycles. The number of hydrogen-bond acceptors (Lipinski definition) is 6. The number of rotatable bonds is 1. The van der Waals surface area contributed by atoms with Crippen LogP contribution in [-0.4, -0.2) is 49.2 Å². The number of esters is 1. The van der Waals surface area contributed by atoms with Gasteiger partial charge in [0.25, 0.3) is 0 Å². The van der Waals surface area contributed by atoms with Gasteiger partial charge in [0.1, 0.15) is 6.10 Å². The van der Waals surface area contributed by atoms with E-state index < -0.39 is 0 Å². The second-order valence-corrected chi connectivity index (χ2v) is 12.5. The van der Waals surface area contributed by atoms with Crippen molar-refractivity contribution in [1.82, 2.24) is 0 Å². The van der Waals surface area contributed by atoms with Crippen LogP contribution >= 0.6 is 0 Å². The minimum absolute atomic E-state index is 0.00115. The van der Waals surface area contributed by atoms with Crippen molar-refractivity contribution in [3.8, 4) is 0 Å². The monoisotopic (exact) mass is 564 g/mol. The lowest BCUT2D eigenvalue weighted by atomic mass is 9.79. The molecule has 0 aromatic heterocycles. The molecule has 0 amide bonds. The second-order valence-electron chi connectivity index (χ2n) is 12.5. The van der Waals surface area contributed by atoms with Gasteiger partial charge in [0.15, 0.2) is 6.29 Å². The van der Waals surface area contributed by atoms with Crippen LogP contribution in [0.4, 0.5) is 0 Å². The highest BCUT2D eigenvalue weighted by atomic mass is 16.7. The molecule has 0 spiro atoms. The van der Waals surface area contributed by atoms with E-state index in [1.807, 2.05) is 13.0 Å². The highest BCUT2D eigenvalue weighted by molar-refractivity contribution is 5.82. The average Bonchev–Trinajstić information content (AvgIpc) is 2.95. The highest BCUT2D eigenvalue weighted by Gasteiger charge is 2.43. The van der Waals surface area contributed by atoms with E-state index in [4.69, 9.17) is 23.7 Å². The number of hydrogen-bond donors (Lipinski definition) is 0. The fraction of sp³-hybridized carbons (Fsp3) is 0.629. The third-order valence-electron chi connectivity index (χ3n) is 9.38.